The zero-order valence-electron chi connectivity index (χ0n) is 19.0. The van der Waals surface area contributed by atoms with Crippen molar-refractivity contribution in [2.24, 2.45) is 0 Å². The maximum absolute atomic E-state index is 8.63. The summed E-state index contributed by atoms with van der Waals surface area (Å²) < 4.78 is 0. The van der Waals surface area contributed by atoms with Gasteiger partial charge in [0.05, 0.1) is 0 Å². The van der Waals surface area contributed by atoms with E-state index in [1.807, 2.05) is 6.07 Å². The van der Waals surface area contributed by atoms with E-state index in [1.54, 1.807) is 24.3 Å². The van der Waals surface area contributed by atoms with Crippen molar-refractivity contribution in [2.45, 2.75) is 117 Å². The van der Waals surface area contributed by atoms with Crippen molar-refractivity contribution in [2.75, 3.05) is 11.5 Å². The third-order valence-corrected chi connectivity index (χ3v) is 6.20. The summed E-state index contributed by atoms with van der Waals surface area (Å²) in [6.45, 7) is 4.59. The molecule has 0 aliphatic rings. The minimum Gasteiger partial charge on any atom is -0.508 e. The fourth-order valence-electron chi connectivity index (χ4n) is 3.21. The van der Waals surface area contributed by atoms with Crippen LogP contribution >= 0.6 is 11.8 Å². The van der Waals surface area contributed by atoms with E-state index in [0.29, 0.717) is 5.75 Å². The molecule has 0 amide bonds. The number of hydrogen-bond donors (Lipinski definition) is 1. The molecule has 0 fully saturated rings. The summed E-state index contributed by atoms with van der Waals surface area (Å²) >= 11 is 2.20. The van der Waals surface area contributed by atoms with Gasteiger partial charge >= 0.3 is 0 Å². The maximum Gasteiger partial charge on any atom is 0.115 e. The molecule has 1 N–H and O–H groups in total. The summed E-state index contributed by atoms with van der Waals surface area (Å²) in [5.74, 6) is 3.14. The molecule has 2 heteroatoms. The van der Waals surface area contributed by atoms with Crippen molar-refractivity contribution in [1.82, 2.24) is 0 Å². The van der Waals surface area contributed by atoms with E-state index in [-0.39, 0.29) is 0 Å². The standard InChI is InChI=1S/C20H42S.C6H6O/c1-3-5-7-9-11-13-15-17-19-21-20-18-16-14-12-10-8-6-4-2;7-6-4-2-1-3-5-6/h3-20H2,1-2H3;1-5,7H. The largest absolute Gasteiger partial charge is 0.508 e. The smallest absolute Gasteiger partial charge is 0.115 e. The molecule has 0 aromatic heterocycles. The van der Waals surface area contributed by atoms with Gasteiger partial charge in [0, 0.05) is 0 Å². The molecule has 0 atom stereocenters. The first kappa shape index (κ1) is 27.4. The molecule has 0 saturated carbocycles. The highest BCUT2D eigenvalue weighted by atomic mass is 32.2. The minimum atomic E-state index is 0.322. The van der Waals surface area contributed by atoms with Crippen molar-refractivity contribution in [1.29, 1.82) is 0 Å². The van der Waals surface area contributed by atoms with E-state index in [2.05, 4.69) is 25.6 Å². The normalized spacial score (nSPS) is 10.5. The fourth-order valence-corrected chi connectivity index (χ4v) is 4.23. The lowest BCUT2D eigenvalue weighted by Crippen LogP contribution is -1.87. The van der Waals surface area contributed by atoms with Crippen molar-refractivity contribution in [3.63, 3.8) is 0 Å². The van der Waals surface area contributed by atoms with Gasteiger partial charge in [0.15, 0.2) is 0 Å². The lowest BCUT2D eigenvalue weighted by atomic mass is 10.1. The Morgan fingerprint density at radius 3 is 1.21 bits per heavy atom. The SMILES string of the molecule is CCCCCCCCCCSCCCCCCCCCC.Oc1ccccc1. The van der Waals surface area contributed by atoms with Gasteiger partial charge < -0.3 is 5.11 Å². The Hall–Kier alpha value is -0.630. The van der Waals surface area contributed by atoms with Crippen LogP contribution in [0.1, 0.15) is 117 Å². The second-order valence-electron chi connectivity index (χ2n) is 7.90. The molecule has 0 saturated heterocycles. The van der Waals surface area contributed by atoms with Gasteiger partial charge in [-0.15, -0.1) is 0 Å². The Balaban J connectivity index is 0.000000861. The van der Waals surface area contributed by atoms with Crippen LogP contribution < -0.4 is 0 Å². The number of benzene rings is 1. The van der Waals surface area contributed by atoms with Crippen LogP contribution in [0.15, 0.2) is 30.3 Å². The zero-order valence-corrected chi connectivity index (χ0v) is 19.8. The number of phenols is 1. The van der Waals surface area contributed by atoms with Gasteiger partial charge in [-0.05, 0) is 36.5 Å². The van der Waals surface area contributed by atoms with Crippen molar-refractivity contribution in [3.05, 3.63) is 30.3 Å². The number of hydrogen-bond acceptors (Lipinski definition) is 2. The molecular formula is C26H48OS. The van der Waals surface area contributed by atoms with Crippen LogP contribution in [0.4, 0.5) is 0 Å². The second-order valence-corrected chi connectivity index (χ2v) is 9.12. The molecule has 1 aromatic carbocycles. The van der Waals surface area contributed by atoms with E-state index in [4.69, 9.17) is 5.11 Å². The first-order valence-corrected chi connectivity index (χ1v) is 13.3. The van der Waals surface area contributed by atoms with Crippen molar-refractivity contribution in [3.8, 4) is 5.75 Å². The molecule has 1 aromatic rings. The zero-order chi connectivity index (χ0) is 20.5. The average Bonchev–Trinajstić information content (AvgIpc) is 2.71. The van der Waals surface area contributed by atoms with Crippen molar-refractivity contribution < 1.29 is 5.11 Å². The number of thioether (sulfide) groups is 1. The molecule has 164 valence electrons. The van der Waals surface area contributed by atoms with E-state index in [1.165, 1.54) is 114 Å². The topological polar surface area (TPSA) is 20.2 Å². The first-order valence-electron chi connectivity index (χ1n) is 12.1. The molecule has 0 bridgehead atoms. The van der Waals surface area contributed by atoms with Crippen LogP contribution in [0.5, 0.6) is 5.75 Å². The van der Waals surface area contributed by atoms with E-state index >= 15 is 0 Å². The number of rotatable bonds is 18. The van der Waals surface area contributed by atoms with Crippen LogP contribution in [0.3, 0.4) is 0 Å². The summed E-state index contributed by atoms with van der Waals surface area (Å²) in [6.07, 6.45) is 23.2. The second kappa shape index (κ2) is 24.4. The molecule has 0 unspecified atom stereocenters. The monoisotopic (exact) mass is 408 g/mol. The Kier molecular flexibility index (Phi) is 23.9. The van der Waals surface area contributed by atoms with Gasteiger partial charge in [-0.1, -0.05) is 122 Å². The Morgan fingerprint density at radius 2 is 0.893 bits per heavy atom. The van der Waals surface area contributed by atoms with Crippen LogP contribution in [0.2, 0.25) is 0 Å². The predicted octanol–water partition coefficient (Wildman–Crippen LogP) is 9.39. The summed E-state index contributed by atoms with van der Waals surface area (Å²) in [5.41, 5.74) is 0. The van der Waals surface area contributed by atoms with Crippen molar-refractivity contribution >= 4 is 11.8 Å². The highest BCUT2D eigenvalue weighted by Crippen LogP contribution is 2.14. The molecule has 28 heavy (non-hydrogen) atoms. The van der Waals surface area contributed by atoms with E-state index < -0.39 is 0 Å². The Morgan fingerprint density at radius 1 is 0.536 bits per heavy atom. The number of para-hydroxylation sites is 1. The number of phenolic OH excluding ortho intramolecular Hbond substituents is 1. The Labute approximate surface area is 181 Å². The minimum absolute atomic E-state index is 0.322. The Bertz CT molecular complexity index is 361. The molecule has 0 radical (unpaired) electrons. The summed E-state index contributed by atoms with van der Waals surface area (Å²) in [7, 11) is 0. The number of aromatic hydroxyl groups is 1. The lowest BCUT2D eigenvalue weighted by molar-refractivity contribution is 0.475. The summed E-state index contributed by atoms with van der Waals surface area (Å²) in [6, 6.07) is 8.71. The van der Waals surface area contributed by atoms with Gasteiger partial charge in [0.25, 0.3) is 0 Å². The van der Waals surface area contributed by atoms with E-state index in [0.717, 1.165) is 0 Å². The lowest BCUT2D eigenvalue weighted by Gasteiger charge is -2.03. The predicted molar refractivity (Wildman–Crippen MR) is 131 cm³/mol. The quantitative estimate of drug-likeness (QED) is 0.244. The number of unbranched alkanes of at least 4 members (excludes halogenated alkanes) is 14. The van der Waals surface area contributed by atoms with Gasteiger partial charge in [-0.3, -0.25) is 0 Å². The maximum atomic E-state index is 8.63. The molecule has 0 heterocycles. The van der Waals surface area contributed by atoms with Crippen LogP contribution in [-0.2, 0) is 0 Å². The molecule has 0 aliphatic carbocycles. The van der Waals surface area contributed by atoms with Crippen LogP contribution in [0.25, 0.3) is 0 Å². The van der Waals surface area contributed by atoms with E-state index in [9.17, 15) is 0 Å². The molecular weight excluding hydrogens is 360 g/mol. The van der Waals surface area contributed by atoms with Crippen LogP contribution in [-0.4, -0.2) is 16.6 Å². The molecule has 1 nitrogen and oxygen atoms in total. The highest BCUT2D eigenvalue weighted by molar-refractivity contribution is 7.99. The molecule has 0 aliphatic heterocycles. The highest BCUT2D eigenvalue weighted by Gasteiger charge is 1.94. The summed E-state index contributed by atoms with van der Waals surface area (Å²) in [5, 5.41) is 8.63. The van der Waals surface area contributed by atoms with Crippen LogP contribution in [0, 0.1) is 0 Å². The van der Waals surface area contributed by atoms with Gasteiger partial charge in [0.1, 0.15) is 5.75 Å². The third kappa shape index (κ3) is 23.4. The molecule has 0 spiro atoms. The first-order chi connectivity index (χ1) is 13.8. The third-order valence-electron chi connectivity index (χ3n) is 5.04. The summed E-state index contributed by atoms with van der Waals surface area (Å²) in [4.78, 5) is 0. The average molecular weight is 409 g/mol. The molecule has 1 rings (SSSR count). The van der Waals surface area contributed by atoms with Gasteiger partial charge in [0.2, 0.25) is 0 Å². The van der Waals surface area contributed by atoms with Gasteiger partial charge in [-0.2, -0.15) is 11.8 Å². The van der Waals surface area contributed by atoms with Gasteiger partial charge in [-0.25, -0.2) is 0 Å². The fraction of sp³-hybridized carbons (Fsp3) is 0.769.